The van der Waals surface area contributed by atoms with Crippen LogP contribution in [0.15, 0.2) is 36.5 Å². The van der Waals surface area contributed by atoms with E-state index in [0.29, 0.717) is 6.54 Å². The average Bonchev–Trinajstić information content (AvgIpc) is 2.88. The van der Waals surface area contributed by atoms with Crippen molar-refractivity contribution in [2.45, 2.75) is 33.7 Å². The fraction of sp³-hybridized carbons (Fsp3) is 0.333. The summed E-state index contributed by atoms with van der Waals surface area (Å²) in [6, 6.07) is 9.57. The number of benzene rings is 1. The third-order valence-electron chi connectivity index (χ3n) is 2.59. The maximum absolute atomic E-state index is 10.5. The molecule has 6 heteroatoms. The topological polar surface area (TPSA) is 78.0 Å². The first-order valence-electron chi connectivity index (χ1n) is 6.65. The molecule has 6 nitrogen and oxygen atoms in total. The molecule has 0 aliphatic rings. The molecule has 1 heterocycles. The van der Waals surface area contributed by atoms with Gasteiger partial charge in [-0.3, -0.25) is 0 Å². The van der Waals surface area contributed by atoms with Crippen molar-refractivity contribution >= 4 is 11.6 Å². The van der Waals surface area contributed by atoms with Gasteiger partial charge in [0.1, 0.15) is 5.78 Å². The first kappa shape index (κ1) is 16.6. The predicted molar refractivity (Wildman–Crippen MR) is 80.2 cm³/mol. The Labute approximate surface area is 123 Å². The molecule has 21 heavy (non-hydrogen) atoms. The molecule has 2 rings (SSSR count). The van der Waals surface area contributed by atoms with Gasteiger partial charge in [0, 0.05) is 0 Å². The summed E-state index contributed by atoms with van der Waals surface area (Å²) in [7, 11) is 0. The standard InChI is InChI=1S/C12H13N3O2.C3H6O/c1-2-10-3-5-11(6-4-10)9-14-8-7-12(13-14)15(16)17;1-3(2)4/h3-8H,2,9H2,1H3;1-2H3. The van der Waals surface area contributed by atoms with Crippen molar-refractivity contribution in [2.24, 2.45) is 0 Å². The molecule has 0 saturated heterocycles. The lowest BCUT2D eigenvalue weighted by atomic mass is 10.1. The summed E-state index contributed by atoms with van der Waals surface area (Å²) in [4.78, 5) is 19.4. The molecule has 0 amide bonds. The number of nitro groups is 1. The lowest BCUT2D eigenvalue weighted by Crippen LogP contribution is -2.01. The molecule has 0 N–H and O–H groups in total. The molecule has 0 radical (unpaired) electrons. The van der Waals surface area contributed by atoms with E-state index in [0.717, 1.165) is 12.0 Å². The Morgan fingerprint density at radius 3 is 2.14 bits per heavy atom. The van der Waals surface area contributed by atoms with Gasteiger partial charge in [-0.1, -0.05) is 31.2 Å². The first-order valence-corrected chi connectivity index (χ1v) is 6.65. The quantitative estimate of drug-likeness (QED) is 0.640. The molecule has 0 saturated carbocycles. The fourth-order valence-electron chi connectivity index (χ4n) is 1.60. The van der Waals surface area contributed by atoms with Crippen LogP contribution in [-0.2, 0) is 17.8 Å². The number of rotatable bonds is 4. The lowest BCUT2D eigenvalue weighted by molar-refractivity contribution is -0.389. The van der Waals surface area contributed by atoms with Gasteiger partial charge < -0.3 is 14.9 Å². The van der Waals surface area contributed by atoms with Crippen molar-refractivity contribution in [3.8, 4) is 0 Å². The van der Waals surface area contributed by atoms with E-state index in [1.165, 1.54) is 25.5 Å². The largest absolute Gasteiger partial charge is 0.389 e. The van der Waals surface area contributed by atoms with E-state index in [1.54, 1.807) is 10.9 Å². The Morgan fingerprint density at radius 1 is 1.19 bits per heavy atom. The first-order chi connectivity index (χ1) is 9.92. The number of hydrogen-bond acceptors (Lipinski definition) is 4. The molecular weight excluding hydrogens is 270 g/mol. The second kappa shape index (κ2) is 7.94. The van der Waals surface area contributed by atoms with Crippen LogP contribution in [0.3, 0.4) is 0 Å². The summed E-state index contributed by atoms with van der Waals surface area (Å²) in [5, 5.41) is 14.3. The highest BCUT2D eigenvalue weighted by Crippen LogP contribution is 2.09. The number of Topliss-reactive ketones (excluding diaryl/α,β-unsaturated/α-hetero) is 1. The molecule has 0 bridgehead atoms. The Bertz CT molecular complexity index is 599. The molecule has 1 aromatic heterocycles. The summed E-state index contributed by atoms with van der Waals surface area (Å²) < 4.78 is 1.57. The van der Waals surface area contributed by atoms with Gasteiger partial charge in [0.05, 0.1) is 23.9 Å². The molecule has 0 aliphatic heterocycles. The Kier molecular flexibility index (Phi) is 6.26. The van der Waals surface area contributed by atoms with Crippen LogP contribution in [0.5, 0.6) is 0 Å². The summed E-state index contributed by atoms with van der Waals surface area (Å²) in [5.74, 6) is 0.0511. The maximum Gasteiger partial charge on any atom is 0.389 e. The molecule has 1 aromatic carbocycles. The summed E-state index contributed by atoms with van der Waals surface area (Å²) >= 11 is 0. The average molecular weight is 289 g/mol. The van der Waals surface area contributed by atoms with Gasteiger partial charge in [-0.2, -0.15) is 4.68 Å². The molecule has 0 unspecified atom stereocenters. The smallest absolute Gasteiger partial charge is 0.358 e. The van der Waals surface area contributed by atoms with E-state index in [-0.39, 0.29) is 11.6 Å². The monoisotopic (exact) mass is 289 g/mol. The number of aromatic nitrogens is 2. The third kappa shape index (κ3) is 5.99. The van der Waals surface area contributed by atoms with Crippen LogP contribution in [0.25, 0.3) is 0 Å². The van der Waals surface area contributed by atoms with E-state index >= 15 is 0 Å². The van der Waals surface area contributed by atoms with E-state index in [1.807, 2.05) is 12.1 Å². The number of ketones is 1. The summed E-state index contributed by atoms with van der Waals surface area (Å²) in [6.45, 7) is 5.71. The predicted octanol–water partition coefficient (Wildman–Crippen LogP) is 3.00. The van der Waals surface area contributed by atoms with E-state index in [9.17, 15) is 14.9 Å². The van der Waals surface area contributed by atoms with Crippen LogP contribution in [-0.4, -0.2) is 20.5 Å². The van der Waals surface area contributed by atoms with Gasteiger partial charge >= 0.3 is 5.82 Å². The van der Waals surface area contributed by atoms with Crippen molar-refractivity contribution < 1.29 is 9.72 Å². The SMILES string of the molecule is CC(C)=O.CCc1ccc(Cn2ccc([N+](=O)[O-])n2)cc1. The van der Waals surface area contributed by atoms with Crippen LogP contribution < -0.4 is 0 Å². The molecule has 2 aromatic rings. The van der Waals surface area contributed by atoms with Gasteiger partial charge in [0.15, 0.2) is 0 Å². The fourth-order valence-corrected chi connectivity index (χ4v) is 1.60. The molecule has 0 fully saturated rings. The van der Waals surface area contributed by atoms with Crippen LogP contribution in [0, 0.1) is 10.1 Å². The van der Waals surface area contributed by atoms with E-state index in [2.05, 4.69) is 24.2 Å². The van der Waals surface area contributed by atoms with E-state index in [4.69, 9.17) is 0 Å². The molecular formula is C15H19N3O3. The summed E-state index contributed by atoms with van der Waals surface area (Å²) in [5.41, 5.74) is 2.36. The van der Waals surface area contributed by atoms with Crippen molar-refractivity contribution in [3.63, 3.8) is 0 Å². The van der Waals surface area contributed by atoms with Crippen molar-refractivity contribution in [2.75, 3.05) is 0 Å². The highest BCUT2D eigenvalue weighted by atomic mass is 16.6. The molecule has 112 valence electrons. The number of hydrogen-bond donors (Lipinski definition) is 0. The Balaban J connectivity index is 0.000000491. The summed E-state index contributed by atoms with van der Waals surface area (Å²) in [6.07, 6.45) is 2.62. The van der Waals surface area contributed by atoms with Gasteiger partial charge in [-0.05, 0) is 36.3 Å². The highest BCUT2D eigenvalue weighted by Gasteiger charge is 2.10. The molecule has 0 atom stereocenters. The van der Waals surface area contributed by atoms with Gasteiger partial charge in [0.25, 0.3) is 0 Å². The molecule has 0 spiro atoms. The minimum atomic E-state index is -0.489. The number of carbonyl (C=O) groups is 1. The lowest BCUT2D eigenvalue weighted by Gasteiger charge is -2.00. The van der Waals surface area contributed by atoms with E-state index < -0.39 is 4.92 Å². The van der Waals surface area contributed by atoms with Crippen molar-refractivity contribution in [1.82, 2.24) is 9.78 Å². The number of carbonyl (C=O) groups excluding carboxylic acids is 1. The highest BCUT2D eigenvalue weighted by molar-refractivity contribution is 5.72. The zero-order chi connectivity index (χ0) is 15.8. The zero-order valence-electron chi connectivity index (χ0n) is 12.4. The molecule has 0 aliphatic carbocycles. The van der Waals surface area contributed by atoms with Gasteiger partial charge in [0.2, 0.25) is 0 Å². The minimum absolute atomic E-state index is 0.116. The minimum Gasteiger partial charge on any atom is -0.358 e. The third-order valence-corrected chi connectivity index (χ3v) is 2.59. The van der Waals surface area contributed by atoms with Crippen LogP contribution in [0.1, 0.15) is 31.9 Å². The van der Waals surface area contributed by atoms with Crippen molar-refractivity contribution in [1.29, 1.82) is 0 Å². The second-order valence-electron chi connectivity index (χ2n) is 4.71. The van der Waals surface area contributed by atoms with Crippen molar-refractivity contribution in [3.05, 3.63) is 57.8 Å². The van der Waals surface area contributed by atoms with Crippen LogP contribution in [0.2, 0.25) is 0 Å². The zero-order valence-corrected chi connectivity index (χ0v) is 12.4. The normalized spacial score (nSPS) is 9.67. The Hall–Kier alpha value is -2.50. The van der Waals surface area contributed by atoms with Crippen LogP contribution >= 0.6 is 0 Å². The Morgan fingerprint density at radius 2 is 1.71 bits per heavy atom. The number of aryl methyl sites for hydroxylation is 1. The maximum atomic E-state index is 10.5. The second-order valence-corrected chi connectivity index (χ2v) is 4.71. The number of nitrogens with zero attached hydrogens (tertiary/aromatic N) is 3. The van der Waals surface area contributed by atoms with Crippen LogP contribution in [0.4, 0.5) is 5.82 Å². The van der Waals surface area contributed by atoms with Gasteiger partial charge in [-0.15, -0.1) is 0 Å². The van der Waals surface area contributed by atoms with Gasteiger partial charge in [-0.25, -0.2) is 0 Å².